The summed E-state index contributed by atoms with van der Waals surface area (Å²) in [5.41, 5.74) is 7.31. The van der Waals surface area contributed by atoms with E-state index in [1.807, 2.05) is 50.2 Å². The number of hydrogen-bond acceptors (Lipinski definition) is 4. The molecule has 3 aromatic rings. The van der Waals surface area contributed by atoms with Crippen molar-refractivity contribution in [3.05, 3.63) is 81.9 Å². The molecule has 0 aromatic heterocycles. The van der Waals surface area contributed by atoms with Gasteiger partial charge in [0.15, 0.2) is 0 Å². The highest BCUT2D eigenvalue weighted by atomic mass is 16.3. The van der Waals surface area contributed by atoms with Crippen LogP contribution in [-0.2, 0) is 25.7 Å². The zero-order valence-corrected chi connectivity index (χ0v) is 20.8. The molecule has 2 N–H and O–H groups in total. The lowest BCUT2D eigenvalue weighted by Gasteiger charge is -2.09. The second kappa shape index (κ2) is 12.2. The van der Waals surface area contributed by atoms with Gasteiger partial charge in [-0.15, -0.1) is 0 Å². The largest absolute Gasteiger partial charge is 0.507 e. The number of rotatable bonds is 10. The average Bonchev–Trinajstić information content (AvgIpc) is 2.84. The van der Waals surface area contributed by atoms with E-state index in [-0.39, 0.29) is 0 Å². The van der Waals surface area contributed by atoms with Gasteiger partial charge < -0.3 is 10.2 Å². The lowest BCUT2D eigenvalue weighted by Crippen LogP contribution is -1.94. The molecule has 3 aromatic carbocycles. The second-order valence-electron chi connectivity index (χ2n) is 8.63. The second-order valence-corrected chi connectivity index (χ2v) is 8.63. The van der Waals surface area contributed by atoms with Crippen molar-refractivity contribution in [1.82, 2.24) is 0 Å². The monoisotopic (exact) mass is 456 g/mol. The van der Waals surface area contributed by atoms with Crippen LogP contribution in [0.3, 0.4) is 0 Å². The quantitative estimate of drug-likeness (QED) is 0.308. The lowest BCUT2D eigenvalue weighted by atomic mass is 10.00. The minimum Gasteiger partial charge on any atom is -0.507 e. The summed E-state index contributed by atoms with van der Waals surface area (Å²) >= 11 is 0. The van der Waals surface area contributed by atoms with Crippen LogP contribution in [0.25, 0.3) is 0 Å². The Morgan fingerprint density at radius 1 is 0.647 bits per heavy atom. The number of phenols is 2. The van der Waals surface area contributed by atoms with Crippen LogP contribution in [0.4, 0.5) is 11.4 Å². The van der Waals surface area contributed by atoms with Crippen molar-refractivity contribution in [3.8, 4) is 11.5 Å². The first-order valence-corrected chi connectivity index (χ1v) is 12.4. The molecule has 0 aliphatic heterocycles. The molecule has 0 atom stereocenters. The van der Waals surface area contributed by atoms with Crippen LogP contribution >= 0.6 is 0 Å². The Hall–Kier alpha value is -3.40. The zero-order chi connectivity index (χ0) is 24.5. The Morgan fingerprint density at radius 3 is 1.47 bits per heavy atom. The summed E-state index contributed by atoms with van der Waals surface area (Å²) in [6, 6.07) is 15.8. The molecule has 0 saturated heterocycles. The molecule has 4 heteroatoms. The van der Waals surface area contributed by atoms with E-state index in [1.54, 1.807) is 12.4 Å². The number of nitrogens with zero attached hydrogens (tertiary/aromatic N) is 2. The fourth-order valence-corrected chi connectivity index (χ4v) is 4.12. The highest BCUT2D eigenvalue weighted by molar-refractivity contribution is 5.88. The van der Waals surface area contributed by atoms with Crippen LogP contribution in [0.15, 0.2) is 58.5 Å². The molecule has 0 aliphatic carbocycles. The Labute approximate surface area is 203 Å². The summed E-state index contributed by atoms with van der Waals surface area (Å²) in [5, 5.41) is 21.2. The van der Waals surface area contributed by atoms with Gasteiger partial charge in [-0.25, -0.2) is 0 Å². The number of hydrogen-bond donors (Lipinski definition) is 2. The van der Waals surface area contributed by atoms with Crippen LogP contribution in [0, 0.1) is 0 Å². The van der Waals surface area contributed by atoms with Crippen molar-refractivity contribution >= 4 is 23.8 Å². The smallest absolute Gasteiger partial charge is 0.127 e. The molecule has 0 bridgehead atoms. The van der Waals surface area contributed by atoms with Gasteiger partial charge >= 0.3 is 0 Å². The molecule has 0 radical (unpaired) electrons. The van der Waals surface area contributed by atoms with Gasteiger partial charge in [0.1, 0.15) is 11.5 Å². The molecule has 0 aliphatic rings. The van der Waals surface area contributed by atoms with Crippen LogP contribution < -0.4 is 0 Å². The predicted octanol–water partition coefficient (Wildman–Crippen LogP) is 7.63. The van der Waals surface area contributed by atoms with Gasteiger partial charge in [0.2, 0.25) is 0 Å². The molecule has 0 heterocycles. The number of phenolic OH excluding ortho intramolecular Hbond substituents is 2. The van der Waals surface area contributed by atoms with Crippen LogP contribution in [0.2, 0.25) is 0 Å². The van der Waals surface area contributed by atoms with Crippen molar-refractivity contribution in [2.24, 2.45) is 9.98 Å². The van der Waals surface area contributed by atoms with Gasteiger partial charge in [0.25, 0.3) is 0 Å². The SMILES string of the molecule is CCCc1cc(C=Nc2cccc(N=Cc3cc(CCC)cc(CC)c3O)c2)c(O)c(CC)c1. The third-order valence-electron chi connectivity index (χ3n) is 5.93. The minimum atomic E-state index is 0.300. The number of benzene rings is 3. The topological polar surface area (TPSA) is 65.2 Å². The standard InChI is InChI=1S/C30H36N2O2/c1-5-10-21-14-23(7-3)29(33)25(16-21)19-31-27-12-9-13-28(18-27)32-20-26-17-22(11-6-2)15-24(8-4)30(26)34/h9,12-20,33-34H,5-8,10-11H2,1-4H3. The summed E-state index contributed by atoms with van der Waals surface area (Å²) in [4.78, 5) is 9.21. The molecule has 34 heavy (non-hydrogen) atoms. The normalized spacial score (nSPS) is 11.6. The summed E-state index contributed by atoms with van der Waals surface area (Å²) in [7, 11) is 0. The maximum absolute atomic E-state index is 10.6. The maximum Gasteiger partial charge on any atom is 0.127 e. The van der Waals surface area contributed by atoms with E-state index in [1.165, 1.54) is 11.1 Å². The van der Waals surface area contributed by atoms with Crippen molar-refractivity contribution in [3.63, 3.8) is 0 Å². The third kappa shape index (κ3) is 6.34. The summed E-state index contributed by atoms with van der Waals surface area (Å²) in [5.74, 6) is 0.601. The lowest BCUT2D eigenvalue weighted by molar-refractivity contribution is 0.467. The summed E-state index contributed by atoms with van der Waals surface area (Å²) < 4.78 is 0. The van der Waals surface area contributed by atoms with Crippen molar-refractivity contribution in [2.75, 3.05) is 0 Å². The van der Waals surface area contributed by atoms with E-state index >= 15 is 0 Å². The Balaban J connectivity index is 1.87. The average molecular weight is 457 g/mol. The first-order valence-electron chi connectivity index (χ1n) is 12.4. The molecule has 178 valence electrons. The molecule has 3 rings (SSSR count). The first-order chi connectivity index (χ1) is 16.5. The van der Waals surface area contributed by atoms with Gasteiger partial charge in [0, 0.05) is 23.6 Å². The molecular formula is C30H36N2O2. The highest BCUT2D eigenvalue weighted by Gasteiger charge is 2.09. The van der Waals surface area contributed by atoms with E-state index in [2.05, 4.69) is 36.0 Å². The van der Waals surface area contributed by atoms with E-state index in [0.29, 0.717) is 11.5 Å². The van der Waals surface area contributed by atoms with E-state index < -0.39 is 0 Å². The van der Waals surface area contributed by atoms with Crippen LogP contribution in [0.1, 0.15) is 73.9 Å². The number of aromatic hydroxyl groups is 2. The van der Waals surface area contributed by atoms with Crippen LogP contribution in [0.5, 0.6) is 11.5 Å². The molecule has 0 unspecified atom stereocenters. The van der Waals surface area contributed by atoms with Crippen LogP contribution in [-0.4, -0.2) is 22.6 Å². The zero-order valence-electron chi connectivity index (χ0n) is 20.8. The Bertz CT molecular complexity index is 1090. The third-order valence-corrected chi connectivity index (χ3v) is 5.93. The summed E-state index contributed by atoms with van der Waals surface area (Å²) in [6.45, 7) is 8.40. The van der Waals surface area contributed by atoms with Crippen molar-refractivity contribution < 1.29 is 10.2 Å². The van der Waals surface area contributed by atoms with E-state index in [4.69, 9.17) is 0 Å². The maximum atomic E-state index is 10.6. The van der Waals surface area contributed by atoms with E-state index in [9.17, 15) is 10.2 Å². The fraction of sp³-hybridized carbons (Fsp3) is 0.333. The van der Waals surface area contributed by atoms with Crippen molar-refractivity contribution in [2.45, 2.75) is 66.2 Å². The highest BCUT2D eigenvalue weighted by Crippen LogP contribution is 2.28. The fourth-order valence-electron chi connectivity index (χ4n) is 4.12. The molecule has 4 nitrogen and oxygen atoms in total. The predicted molar refractivity (Wildman–Crippen MR) is 144 cm³/mol. The number of aliphatic imine (C=N–C) groups is 2. The van der Waals surface area contributed by atoms with Crippen molar-refractivity contribution in [1.29, 1.82) is 0 Å². The molecule has 0 saturated carbocycles. The minimum absolute atomic E-state index is 0.300. The molecule has 0 fully saturated rings. The molecule has 0 amide bonds. The van der Waals surface area contributed by atoms with Gasteiger partial charge in [-0.05, 0) is 78.3 Å². The summed E-state index contributed by atoms with van der Waals surface area (Å²) in [6.07, 6.45) is 9.08. The Kier molecular flexibility index (Phi) is 9.03. The number of aryl methyl sites for hydroxylation is 4. The Morgan fingerprint density at radius 2 is 1.09 bits per heavy atom. The van der Waals surface area contributed by atoms with Gasteiger partial charge in [-0.3, -0.25) is 9.98 Å². The molecular weight excluding hydrogens is 420 g/mol. The van der Waals surface area contributed by atoms with E-state index in [0.717, 1.165) is 72.2 Å². The first kappa shape index (κ1) is 25.2. The van der Waals surface area contributed by atoms with Gasteiger partial charge in [-0.1, -0.05) is 58.7 Å². The molecule has 0 spiro atoms. The van der Waals surface area contributed by atoms with Gasteiger partial charge in [0.05, 0.1) is 11.4 Å². The van der Waals surface area contributed by atoms with Gasteiger partial charge in [-0.2, -0.15) is 0 Å².